The van der Waals surface area contributed by atoms with Gasteiger partial charge >= 0.3 is 0 Å². The average Bonchev–Trinajstić information content (AvgIpc) is 4.04. The van der Waals surface area contributed by atoms with Gasteiger partial charge in [0.15, 0.2) is 0 Å². The molecule has 0 saturated carbocycles. The van der Waals surface area contributed by atoms with Gasteiger partial charge in [-0.15, -0.1) is 0 Å². The molecule has 2 aliphatic heterocycles. The molecule has 0 amide bonds. The number of aryl methyl sites for hydroxylation is 1. The molecule has 4 heteroatoms. The van der Waals surface area contributed by atoms with Gasteiger partial charge < -0.3 is 14.2 Å². The molecule has 1 aromatic heterocycles. The Kier molecular flexibility index (Phi) is 10.9. The summed E-state index contributed by atoms with van der Waals surface area (Å²) in [6.07, 6.45) is 16.6. The second kappa shape index (κ2) is 16.4. The zero-order chi connectivity index (χ0) is 54.6. The molecule has 7 aliphatic rings. The van der Waals surface area contributed by atoms with Crippen molar-refractivity contribution in [3.8, 4) is 0 Å². The normalized spacial score (nSPS) is 23.6. The number of fused-ring (bicyclic) bond motifs is 10. The van der Waals surface area contributed by atoms with Crippen molar-refractivity contribution >= 4 is 74.0 Å². The van der Waals surface area contributed by atoms with Crippen LogP contribution in [0.4, 0.5) is 34.1 Å². The lowest BCUT2D eigenvalue weighted by molar-refractivity contribution is 0.332. The topological polar surface area (TPSA) is 19.6 Å². The lowest BCUT2D eigenvalue weighted by Gasteiger charge is -2.48. The fourth-order valence-electron chi connectivity index (χ4n) is 16.2. The molecule has 13 rings (SSSR count). The smallest absolute Gasteiger partial charge is 0.297 e. The maximum absolute atomic E-state index is 7.80. The van der Waals surface area contributed by atoms with Crippen molar-refractivity contribution in [2.45, 2.75) is 233 Å². The van der Waals surface area contributed by atoms with E-state index in [9.17, 15) is 0 Å². The van der Waals surface area contributed by atoms with E-state index < -0.39 is 0 Å². The number of anilines is 6. The molecule has 6 aromatic rings. The Hall–Kier alpha value is -5.22. The van der Waals surface area contributed by atoms with Crippen LogP contribution in [0.1, 0.15) is 249 Å². The van der Waals surface area contributed by atoms with Crippen LogP contribution in [0.3, 0.4) is 0 Å². The van der Waals surface area contributed by atoms with Gasteiger partial charge in [-0.1, -0.05) is 148 Å². The molecule has 0 radical (unpaired) electrons. The van der Waals surface area contributed by atoms with Gasteiger partial charge in [0.2, 0.25) is 0 Å². The maximum atomic E-state index is 7.80. The number of allylic oxidation sites excluding steroid dienone is 4. The fraction of sp³-hybridized carbons (Fsp3) is 0.507. The summed E-state index contributed by atoms with van der Waals surface area (Å²) in [6, 6.07) is 28.6. The van der Waals surface area contributed by atoms with Crippen LogP contribution in [0.25, 0.3) is 16.5 Å². The molecule has 0 bridgehead atoms. The van der Waals surface area contributed by atoms with Crippen LogP contribution in [0, 0.1) is 12.3 Å². The van der Waals surface area contributed by atoms with Gasteiger partial charge in [-0.25, -0.2) is 0 Å². The molecule has 2 unspecified atom stereocenters. The Bertz CT molecular complexity index is 3590. The van der Waals surface area contributed by atoms with Crippen molar-refractivity contribution in [3.63, 3.8) is 0 Å². The SMILES string of the molecule is Cc1cc2c3c(c1)N(c1ccc4c(c1)C(C)(C)CCC4(C)C)c1c(oc4cc5c(cc14)C(C)CCC5C)B3c1cc3c(cc1N2c1cc2c(cc1C1=CC=C(C(C)(C)C)CC1)C(C)(C)CCC2(C)C)C(C)(C)CCC3(C)C. The zero-order valence-corrected chi connectivity index (χ0v) is 50.6. The molecule has 5 aromatic carbocycles. The molecule has 400 valence electrons. The summed E-state index contributed by atoms with van der Waals surface area (Å²) in [7, 11) is 0. The van der Waals surface area contributed by atoms with E-state index in [0.717, 1.165) is 36.9 Å². The van der Waals surface area contributed by atoms with E-state index in [1.807, 2.05) is 0 Å². The second-order valence-corrected chi connectivity index (χ2v) is 31.0. The van der Waals surface area contributed by atoms with E-state index in [0.29, 0.717) is 11.8 Å². The summed E-state index contributed by atoms with van der Waals surface area (Å²) in [5, 5.41) is 1.25. The average molecular weight is 1020 g/mol. The van der Waals surface area contributed by atoms with Gasteiger partial charge in [-0.05, 0) is 242 Å². The highest BCUT2D eigenvalue weighted by Crippen LogP contribution is 2.57. The van der Waals surface area contributed by atoms with Gasteiger partial charge in [0.05, 0.1) is 17.0 Å². The van der Waals surface area contributed by atoms with Gasteiger partial charge in [-0.2, -0.15) is 0 Å². The molecule has 5 aliphatic carbocycles. The van der Waals surface area contributed by atoms with Crippen molar-refractivity contribution in [2.75, 3.05) is 9.80 Å². The van der Waals surface area contributed by atoms with Crippen LogP contribution in [-0.4, -0.2) is 6.71 Å². The van der Waals surface area contributed by atoms with Crippen molar-refractivity contribution in [2.24, 2.45) is 5.41 Å². The minimum Gasteiger partial charge on any atom is -0.468 e. The summed E-state index contributed by atoms with van der Waals surface area (Å²) in [4.78, 5) is 5.50. The van der Waals surface area contributed by atoms with E-state index in [-0.39, 0.29) is 44.6 Å². The third-order valence-electron chi connectivity index (χ3n) is 21.8. The lowest BCUT2D eigenvalue weighted by atomic mass is 9.35. The quantitative estimate of drug-likeness (QED) is 0.164. The number of rotatable bonds is 3. The first-order chi connectivity index (χ1) is 36.0. The van der Waals surface area contributed by atoms with Crippen LogP contribution in [0.2, 0.25) is 0 Å². The van der Waals surface area contributed by atoms with Crippen molar-refractivity contribution in [3.05, 3.63) is 140 Å². The Morgan fingerprint density at radius 1 is 0.519 bits per heavy atom. The Morgan fingerprint density at radius 3 is 1.58 bits per heavy atom. The second-order valence-electron chi connectivity index (χ2n) is 31.0. The number of furan rings is 1. The van der Waals surface area contributed by atoms with E-state index in [2.05, 4.69) is 213 Å². The zero-order valence-electron chi connectivity index (χ0n) is 50.6. The summed E-state index contributed by atoms with van der Waals surface area (Å²) in [5.41, 5.74) is 30.6. The van der Waals surface area contributed by atoms with Crippen LogP contribution < -0.4 is 26.4 Å². The van der Waals surface area contributed by atoms with Crippen LogP contribution in [0.5, 0.6) is 0 Å². The predicted molar refractivity (Wildman–Crippen MR) is 332 cm³/mol. The molecular weight excluding hydrogens is 932 g/mol. The monoisotopic (exact) mass is 1020 g/mol. The maximum Gasteiger partial charge on any atom is 0.297 e. The third kappa shape index (κ3) is 7.61. The predicted octanol–water partition coefficient (Wildman–Crippen LogP) is 19.0. The van der Waals surface area contributed by atoms with Crippen molar-refractivity contribution in [1.82, 2.24) is 0 Å². The molecule has 0 saturated heterocycles. The summed E-state index contributed by atoms with van der Waals surface area (Å²) in [5.74, 6) is 0.997. The Labute approximate surface area is 464 Å². The fourth-order valence-corrected chi connectivity index (χ4v) is 16.2. The highest BCUT2D eigenvalue weighted by molar-refractivity contribution is 7.00. The molecule has 0 spiro atoms. The number of hydrogen-bond donors (Lipinski definition) is 0. The highest BCUT2D eigenvalue weighted by Gasteiger charge is 2.51. The molecule has 77 heavy (non-hydrogen) atoms. The first-order valence-electron chi connectivity index (χ1n) is 30.3. The molecule has 0 fully saturated rings. The van der Waals surface area contributed by atoms with E-state index in [4.69, 9.17) is 4.42 Å². The first kappa shape index (κ1) is 51.2. The molecular formula is C73H89BN2O. The summed E-state index contributed by atoms with van der Waals surface area (Å²) in [6.45, 7) is 44.3. The van der Waals surface area contributed by atoms with Gasteiger partial charge in [0, 0.05) is 33.7 Å². The van der Waals surface area contributed by atoms with Crippen LogP contribution in [0.15, 0.2) is 88.9 Å². The van der Waals surface area contributed by atoms with Crippen LogP contribution in [-0.2, 0) is 32.5 Å². The number of hydrogen-bond acceptors (Lipinski definition) is 3. The number of benzene rings is 5. The summed E-state index contributed by atoms with van der Waals surface area (Å²) < 4.78 is 7.80. The Balaban J connectivity index is 1.17. The van der Waals surface area contributed by atoms with E-state index in [1.54, 1.807) is 5.57 Å². The standard InChI is InChI=1S/C73H89BN2O/c1-42-33-61-64-62(34-42)76(59-40-56-54(70(11,12)29-31-72(56,15)16)37-50(59)45-21-23-46(24-22-45)67(4,5)6)60-41-57-55(71(13,14)30-32-73(57,17)18)39-58(60)74(64)66-65(51-36-48-43(2)19-20-44(3)49(48)38-63(51)77-66)75(61)47-25-26-52-53(35-47)69(9,10)28-27-68(52,7)8/h21,23,25-26,33-41,43-44H,19-20,22,24,27-32H2,1-18H3. The number of nitrogens with zero attached hydrogens (tertiary/aromatic N) is 2. The highest BCUT2D eigenvalue weighted by atomic mass is 16.3. The van der Waals surface area contributed by atoms with Gasteiger partial charge in [-0.3, -0.25) is 0 Å². The third-order valence-corrected chi connectivity index (χ3v) is 21.8. The van der Waals surface area contributed by atoms with Gasteiger partial charge in [0.25, 0.3) is 6.71 Å². The Morgan fingerprint density at radius 2 is 1.03 bits per heavy atom. The van der Waals surface area contributed by atoms with E-state index >= 15 is 0 Å². The largest absolute Gasteiger partial charge is 0.468 e. The van der Waals surface area contributed by atoms with Gasteiger partial charge in [0.1, 0.15) is 5.58 Å². The molecule has 0 N–H and O–H groups in total. The molecule has 3 heterocycles. The van der Waals surface area contributed by atoms with Crippen molar-refractivity contribution < 1.29 is 4.42 Å². The van der Waals surface area contributed by atoms with Crippen LogP contribution >= 0.6 is 0 Å². The molecule has 3 nitrogen and oxygen atoms in total. The lowest BCUT2D eigenvalue weighted by Crippen LogP contribution is -2.61. The summed E-state index contributed by atoms with van der Waals surface area (Å²) >= 11 is 0. The van der Waals surface area contributed by atoms with E-state index in [1.165, 1.54) is 150 Å². The molecule has 2 atom stereocenters. The minimum absolute atomic E-state index is 0.0173. The first-order valence-corrected chi connectivity index (χ1v) is 30.3. The van der Waals surface area contributed by atoms with Crippen molar-refractivity contribution in [1.29, 1.82) is 0 Å². The minimum atomic E-state index is -0.112.